The number of carbonyl (C=O) groups excluding carboxylic acids is 1. The Morgan fingerprint density at radius 1 is 1.25 bits per heavy atom. The van der Waals surface area contributed by atoms with Crippen molar-refractivity contribution in [2.24, 2.45) is 11.8 Å². The van der Waals surface area contributed by atoms with Gasteiger partial charge in [-0.15, -0.1) is 0 Å². The Morgan fingerprint density at radius 2 is 1.94 bits per heavy atom. The summed E-state index contributed by atoms with van der Waals surface area (Å²) in [7, 11) is 0. The van der Waals surface area contributed by atoms with E-state index >= 15 is 0 Å². The van der Waals surface area contributed by atoms with Crippen LogP contribution in [-0.2, 0) is 4.79 Å². The number of allylic oxidation sites excluding steroid dienone is 1. The minimum Gasteiger partial charge on any atom is -0.303 e. The first-order valence-corrected chi connectivity index (χ1v) is 5.96. The summed E-state index contributed by atoms with van der Waals surface area (Å²) in [5.74, 6) is 0.475. The largest absolute Gasteiger partial charge is 0.303 e. The molecule has 16 heavy (non-hydrogen) atoms. The number of carbonyl (C=O) groups is 1. The van der Waals surface area contributed by atoms with Gasteiger partial charge < -0.3 is 4.79 Å². The van der Waals surface area contributed by atoms with E-state index in [0.717, 1.165) is 19.1 Å². The first kappa shape index (κ1) is 12.7. The fraction of sp³-hybridized carbons (Fsp3) is 0.400. The number of rotatable bonds is 6. The summed E-state index contributed by atoms with van der Waals surface area (Å²) >= 11 is 0. The second-order valence-electron chi connectivity index (χ2n) is 4.22. The third-order valence-corrected chi connectivity index (χ3v) is 2.85. The van der Waals surface area contributed by atoms with Crippen LogP contribution < -0.4 is 0 Å². The molecule has 0 heterocycles. The van der Waals surface area contributed by atoms with Gasteiger partial charge in [0.25, 0.3) is 0 Å². The maximum atomic E-state index is 10.8. The Morgan fingerprint density at radius 3 is 2.50 bits per heavy atom. The van der Waals surface area contributed by atoms with Crippen molar-refractivity contribution in [2.45, 2.75) is 26.7 Å². The molecule has 0 radical (unpaired) electrons. The van der Waals surface area contributed by atoms with Crippen LogP contribution in [0.2, 0.25) is 0 Å². The molecule has 0 bridgehead atoms. The molecule has 1 aromatic carbocycles. The van der Waals surface area contributed by atoms with Crippen molar-refractivity contribution in [3.8, 4) is 0 Å². The quantitative estimate of drug-likeness (QED) is 0.658. The maximum absolute atomic E-state index is 10.8. The van der Waals surface area contributed by atoms with Gasteiger partial charge in [0.2, 0.25) is 0 Å². The highest BCUT2D eigenvalue weighted by Crippen LogP contribution is 2.18. The van der Waals surface area contributed by atoms with Crippen LogP contribution in [0.25, 0.3) is 6.08 Å². The van der Waals surface area contributed by atoms with Gasteiger partial charge in [0, 0.05) is 5.92 Å². The lowest BCUT2D eigenvalue weighted by Gasteiger charge is -2.14. The molecule has 0 spiro atoms. The van der Waals surface area contributed by atoms with E-state index in [9.17, 15) is 4.79 Å². The Bertz CT molecular complexity index is 327. The van der Waals surface area contributed by atoms with E-state index in [1.807, 2.05) is 25.1 Å². The van der Waals surface area contributed by atoms with Crippen molar-refractivity contribution in [1.82, 2.24) is 0 Å². The molecule has 0 aliphatic carbocycles. The Labute approximate surface area is 98.2 Å². The Kier molecular flexibility index (Phi) is 5.55. The van der Waals surface area contributed by atoms with Gasteiger partial charge in [-0.2, -0.15) is 0 Å². The van der Waals surface area contributed by atoms with E-state index < -0.39 is 0 Å². The van der Waals surface area contributed by atoms with E-state index in [2.05, 4.69) is 31.2 Å². The summed E-state index contributed by atoms with van der Waals surface area (Å²) in [6, 6.07) is 10.2. The topological polar surface area (TPSA) is 17.1 Å². The zero-order valence-electron chi connectivity index (χ0n) is 10.1. The molecular weight excluding hydrogens is 196 g/mol. The van der Waals surface area contributed by atoms with Gasteiger partial charge >= 0.3 is 0 Å². The van der Waals surface area contributed by atoms with Crippen LogP contribution in [0.15, 0.2) is 36.4 Å². The van der Waals surface area contributed by atoms with E-state index in [4.69, 9.17) is 0 Å². The van der Waals surface area contributed by atoms with E-state index in [0.29, 0.717) is 5.92 Å². The summed E-state index contributed by atoms with van der Waals surface area (Å²) in [6.45, 7) is 4.14. The molecule has 1 rings (SSSR count). The van der Waals surface area contributed by atoms with Crippen molar-refractivity contribution >= 4 is 12.4 Å². The second-order valence-corrected chi connectivity index (χ2v) is 4.22. The molecule has 0 fully saturated rings. The van der Waals surface area contributed by atoms with Crippen LogP contribution in [0.3, 0.4) is 0 Å². The fourth-order valence-corrected chi connectivity index (χ4v) is 1.77. The molecule has 0 aromatic heterocycles. The normalized spacial score (nSPS) is 14.9. The minimum atomic E-state index is 0.111. The van der Waals surface area contributed by atoms with E-state index in [1.54, 1.807) is 0 Å². The van der Waals surface area contributed by atoms with Crippen molar-refractivity contribution in [1.29, 1.82) is 0 Å². The third kappa shape index (κ3) is 4.01. The van der Waals surface area contributed by atoms with Crippen LogP contribution in [0.1, 0.15) is 32.3 Å². The van der Waals surface area contributed by atoms with Gasteiger partial charge in [0.1, 0.15) is 6.29 Å². The average Bonchev–Trinajstić information content (AvgIpc) is 2.34. The smallest absolute Gasteiger partial charge is 0.123 e. The number of aldehydes is 1. The Hall–Kier alpha value is -1.37. The summed E-state index contributed by atoms with van der Waals surface area (Å²) < 4.78 is 0. The van der Waals surface area contributed by atoms with E-state index in [-0.39, 0.29) is 5.92 Å². The van der Waals surface area contributed by atoms with Crippen LogP contribution in [0.5, 0.6) is 0 Å². The SMILES string of the molecule is CCC[C@H](/C=C/c1ccccc1)[C@H](C)C=O. The minimum absolute atomic E-state index is 0.111. The third-order valence-electron chi connectivity index (χ3n) is 2.85. The van der Waals surface area contributed by atoms with Crippen molar-refractivity contribution in [2.75, 3.05) is 0 Å². The van der Waals surface area contributed by atoms with Crippen molar-refractivity contribution in [3.05, 3.63) is 42.0 Å². The lowest BCUT2D eigenvalue weighted by atomic mass is 9.90. The van der Waals surface area contributed by atoms with Gasteiger partial charge in [-0.1, -0.05) is 62.8 Å². The summed E-state index contributed by atoms with van der Waals surface area (Å²) in [5, 5.41) is 0. The zero-order chi connectivity index (χ0) is 11.8. The van der Waals surface area contributed by atoms with Crippen molar-refractivity contribution in [3.63, 3.8) is 0 Å². The highest BCUT2D eigenvalue weighted by molar-refractivity contribution is 5.56. The zero-order valence-corrected chi connectivity index (χ0v) is 10.1. The molecule has 86 valence electrons. The molecule has 0 unspecified atom stereocenters. The Balaban J connectivity index is 2.67. The number of benzene rings is 1. The van der Waals surface area contributed by atoms with Gasteiger partial charge in [-0.25, -0.2) is 0 Å². The molecule has 0 aliphatic rings. The lowest BCUT2D eigenvalue weighted by Crippen LogP contribution is -2.10. The predicted molar refractivity (Wildman–Crippen MR) is 69.1 cm³/mol. The molecule has 0 saturated carbocycles. The summed E-state index contributed by atoms with van der Waals surface area (Å²) in [4.78, 5) is 10.8. The van der Waals surface area contributed by atoms with Gasteiger partial charge in [0.05, 0.1) is 0 Å². The van der Waals surface area contributed by atoms with Crippen molar-refractivity contribution < 1.29 is 4.79 Å². The molecule has 0 saturated heterocycles. The van der Waals surface area contributed by atoms with E-state index in [1.165, 1.54) is 5.56 Å². The number of hydrogen-bond donors (Lipinski definition) is 0. The predicted octanol–water partition coefficient (Wildman–Crippen LogP) is 3.95. The molecule has 1 heteroatoms. The number of hydrogen-bond acceptors (Lipinski definition) is 1. The van der Waals surface area contributed by atoms with Crippen LogP contribution in [-0.4, -0.2) is 6.29 Å². The van der Waals surface area contributed by atoms with Crippen LogP contribution in [0, 0.1) is 11.8 Å². The molecule has 2 atom stereocenters. The second kappa shape index (κ2) is 7.00. The summed E-state index contributed by atoms with van der Waals surface area (Å²) in [5.41, 5.74) is 1.20. The fourth-order valence-electron chi connectivity index (χ4n) is 1.77. The maximum Gasteiger partial charge on any atom is 0.123 e. The monoisotopic (exact) mass is 216 g/mol. The molecular formula is C15H20O. The highest BCUT2D eigenvalue weighted by Gasteiger charge is 2.11. The first-order chi connectivity index (χ1) is 7.77. The molecule has 0 N–H and O–H groups in total. The molecule has 0 aliphatic heterocycles. The molecule has 1 nitrogen and oxygen atoms in total. The lowest BCUT2D eigenvalue weighted by molar-refractivity contribution is -0.111. The summed E-state index contributed by atoms with van der Waals surface area (Å²) in [6.07, 6.45) is 7.51. The van der Waals surface area contributed by atoms with Gasteiger partial charge in [-0.3, -0.25) is 0 Å². The van der Waals surface area contributed by atoms with Crippen LogP contribution >= 0.6 is 0 Å². The average molecular weight is 216 g/mol. The van der Waals surface area contributed by atoms with Gasteiger partial charge in [-0.05, 0) is 17.9 Å². The highest BCUT2D eigenvalue weighted by atomic mass is 16.1. The standard InChI is InChI=1S/C15H20O/c1-3-7-15(13(2)12-16)11-10-14-8-5-4-6-9-14/h4-6,8-13,15H,3,7H2,1-2H3/b11-10+/t13-,15-/m1/s1. The molecule has 0 amide bonds. The van der Waals surface area contributed by atoms with Gasteiger partial charge in [0.15, 0.2) is 0 Å². The van der Waals surface area contributed by atoms with Crippen LogP contribution in [0.4, 0.5) is 0 Å². The molecule has 1 aromatic rings. The first-order valence-electron chi connectivity index (χ1n) is 5.96.